The molecule has 0 aromatic heterocycles. The van der Waals surface area contributed by atoms with E-state index in [2.05, 4.69) is 20.8 Å². The van der Waals surface area contributed by atoms with Crippen LogP contribution >= 0.6 is 7.82 Å². The number of ether oxygens (including phenoxy) is 2. The van der Waals surface area contributed by atoms with Gasteiger partial charge in [-0.2, -0.15) is 0 Å². The first kappa shape index (κ1) is 46.0. The number of quaternary nitrogens is 1. The van der Waals surface area contributed by atoms with Crippen LogP contribution in [0.4, 0.5) is 0 Å². The lowest BCUT2D eigenvalue weighted by molar-refractivity contribution is -0.870. The number of likely N-dealkylation sites (N-methyl/N-ethyl adjacent to an activating group) is 1. The summed E-state index contributed by atoms with van der Waals surface area (Å²) in [5.41, 5.74) is 0. The minimum atomic E-state index is -3.65. The molecule has 0 aliphatic heterocycles. The zero-order valence-corrected chi connectivity index (χ0v) is 32.6. The normalized spacial score (nSPS) is 13.9. The van der Waals surface area contributed by atoms with E-state index in [9.17, 15) is 14.2 Å². The van der Waals surface area contributed by atoms with Gasteiger partial charge in [-0.3, -0.25) is 23.2 Å². The molecule has 0 saturated heterocycles. The van der Waals surface area contributed by atoms with Crippen LogP contribution in [-0.2, 0) is 37.2 Å². The fourth-order valence-electron chi connectivity index (χ4n) is 5.19. The highest BCUT2D eigenvalue weighted by atomic mass is 31.2. The van der Waals surface area contributed by atoms with Crippen LogP contribution in [0.3, 0.4) is 0 Å². The maximum absolute atomic E-state index is 12.8. The van der Waals surface area contributed by atoms with Crippen LogP contribution in [0.15, 0.2) is 0 Å². The average molecular weight is 693 g/mol. The summed E-state index contributed by atoms with van der Waals surface area (Å²) in [6.45, 7) is 9.87. The second kappa shape index (κ2) is 29.9. The summed E-state index contributed by atoms with van der Waals surface area (Å²) < 4.78 is 40.8. The van der Waals surface area contributed by atoms with Crippen molar-refractivity contribution in [1.82, 2.24) is 0 Å². The summed E-state index contributed by atoms with van der Waals surface area (Å²) >= 11 is 0. The highest BCUT2D eigenvalue weighted by molar-refractivity contribution is 7.48. The highest BCUT2D eigenvalue weighted by Crippen LogP contribution is 2.49. The molecule has 0 bridgehead atoms. The van der Waals surface area contributed by atoms with E-state index in [4.69, 9.17) is 23.0 Å². The minimum Gasteiger partial charge on any atom is -0.466 e. The molecular weight excluding hydrogens is 617 g/mol. The zero-order valence-electron chi connectivity index (χ0n) is 31.7. The molecule has 0 amide bonds. The summed E-state index contributed by atoms with van der Waals surface area (Å²) in [6, 6.07) is 0. The Morgan fingerprint density at radius 1 is 0.596 bits per heavy atom. The Hall–Kier alpha value is -0.990. The van der Waals surface area contributed by atoms with Crippen LogP contribution in [0.25, 0.3) is 0 Å². The third-order valence-electron chi connectivity index (χ3n) is 8.11. The Kier molecular flexibility index (Phi) is 29.3. The lowest BCUT2D eigenvalue weighted by atomic mass is 10.0. The first-order valence-electron chi connectivity index (χ1n) is 19.1. The molecule has 0 spiro atoms. The van der Waals surface area contributed by atoms with Crippen LogP contribution in [0.5, 0.6) is 0 Å². The molecule has 0 fully saturated rings. The molecule has 9 nitrogen and oxygen atoms in total. The van der Waals surface area contributed by atoms with E-state index in [-0.39, 0.29) is 50.9 Å². The van der Waals surface area contributed by atoms with Crippen molar-refractivity contribution >= 4 is 19.8 Å². The van der Waals surface area contributed by atoms with Crippen molar-refractivity contribution in [3.63, 3.8) is 0 Å². The van der Waals surface area contributed by atoms with Crippen molar-refractivity contribution < 1.29 is 41.7 Å². The molecule has 0 aromatic rings. The second-order valence-corrected chi connectivity index (χ2v) is 16.1. The van der Waals surface area contributed by atoms with Crippen LogP contribution in [0.2, 0.25) is 0 Å². The van der Waals surface area contributed by atoms with E-state index in [0.29, 0.717) is 30.3 Å². The average Bonchev–Trinajstić information content (AvgIpc) is 2.99. The van der Waals surface area contributed by atoms with Gasteiger partial charge in [-0.25, -0.2) is 4.57 Å². The molecule has 0 rings (SSSR count). The topological polar surface area (TPSA) is 97.4 Å². The van der Waals surface area contributed by atoms with E-state index in [1.165, 1.54) is 77.0 Å². The van der Waals surface area contributed by atoms with Gasteiger partial charge in [0.15, 0.2) is 0 Å². The molecule has 0 aromatic carbocycles. The Morgan fingerprint density at radius 3 is 1.72 bits per heavy atom. The van der Waals surface area contributed by atoms with Crippen molar-refractivity contribution in [2.45, 2.75) is 169 Å². The molecule has 0 aliphatic rings. The molecule has 10 heteroatoms. The van der Waals surface area contributed by atoms with Crippen molar-refractivity contribution in [2.24, 2.45) is 5.92 Å². The number of hydrogen-bond acceptors (Lipinski definition) is 8. The standard InChI is InChI=1S/C37H75NO8P/c1-8-10-11-12-19-22-26-35(46-37(40)27-23-20-17-15-13-14-16-18-21-25-34(3)4)28-29-36(39)42-31-24-32-44-47(41,43-9-2)45-33-30-38(5,6)7/h34-35H,8-33H2,1-7H3/q+1. The van der Waals surface area contributed by atoms with Crippen LogP contribution < -0.4 is 0 Å². The molecular formula is C37H75NO8P+. The molecule has 47 heavy (non-hydrogen) atoms. The van der Waals surface area contributed by atoms with Crippen molar-refractivity contribution in [3.05, 3.63) is 0 Å². The fraction of sp³-hybridized carbons (Fsp3) is 0.946. The lowest BCUT2D eigenvalue weighted by Crippen LogP contribution is -2.37. The van der Waals surface area contributed by atoms with Gasteiger partial charge in [-0.15, -0.1) is 0 Å². The Labute approximate surface area is 289 Å². The van der Waals surface area contributed by atoms with Gasteiger partial charge >= 0.3 is 19.8 Å². The van der Waals surface area contributed by atoms with Crippen molar-refractivity contribution in [3.8, 4) is 0 Å². The van der Waals surface area contributed by atoms with Crippen LogP contribution in [0.1, 0.15) is 163 Å². The van der Waals surface area contributed by atoms with Crippen LogP contribution in [0, 0.1) is 5.92 Å². The SMILES string of the molecule is CCCCCCCCC(CCC(=O)OCCCOP(=O)(OCC)OCC[N+](C)(C)C)OC(=O)CCCCCCCCCCCC(C)C. The number of carbonyl (C=O) groups excluding carboxylic acids is 2. The number of nitrogens with zero attached hydrogens (tertiary/aromatic N) is 1. The van der Waals surface area contributed by atoms with Gasteiger partial charge in [0.25, 0.3) is 0 Å². The third-order valence-corrected chi connectivity index (χ3v) is 9.68. The van der Waals surface area contributed by atoms with E-state index in [0.717, 1.165) is 38.0 Å². The maximum atomic E-state index is 12.8. The number of phosphoric ester groups is 1. The second-order valence-electron chi connectivity index (χ2n) is 14.4. The first-order chi connectivity index (χ1) is 22.4. The van der Waals surface area contributed by atoms with Gasteiger partial charge in [0.2, 0.25) is 0 Å². The van der Waals surface area contributed by atoms with Gasteiger partial charge < -0.3 is 14.0 Å². The van der Waals surface area contributed by atoms with E-state index >= 15 is 0 Å². The van der Waals surface area contributed by atoms with Gasteiger partial charge in [-0.05, 0) is 38.5 Å². The van der Waals surface area contributed by atoms with Gasteiger partial charge in [0.1, 0.15) is 19.3 Å². The van der Waals surface area contributed by atoms with Gasteiger partial charge in [-0.1, -0.05) is 111 Å². The Bertz CT molecular complexity index is 802. The number of phosphoric acid groups is 1. The summed E-state index contributed by atoms with van der Waals surface area (Å²) in [5.74, 6) is 0.325. The predicted octanol–water partition coefficient (Wildman–Crippen LogP) is 10.2. The molecule has 0 radical (unpaired) electrons. The zero-order chi connectivity index (χ0) is 35.2. The summed E-state index contributed by atoms with van der Waals surface area (Å²) in [6.07, 6.45) is 21.3. The number of esters is 2. The fourth-order valence-corrected chi connectivity index (χ4v) is 6.39. The summed E-state index contributed by atoms with van der Waals surface area (Å²) in [7, 11) is 2.41. The van der Waals surface area contributed by atoms with Gasteiger partial charge in [0, 0.05) is 19.3 Å². The molecule has 0 N–H and O–H groups in total. The highest BCUT2D eigenvalue weighted by Gasteiger charge is 2.27. The van der Waals surface area contributed by atoms with Crippen molar-refractivity contribution in [2.75, 3.05) is 54.1 Å². The van der Waals surface area contributed by atoms with Crippen molar-refractivity contribution in [1.29, 1.82) is 0 Å². The monoisotopic (exact) mass is 693 g/mol. The van der Waals surface area contributed by atoms with E-state index < -0.39 is 7.82 Å². The molecule has 2 unspecified atom stereocenters. The molecule has 0 saturated carbocycles. The lowest BCUT2D eigenvalue weighted by Gasteiger charge is -2.24. The Morgan fingerprint density at radius 2 is 1.15 bits per heavy atom. The molecule has 280 valence electrons. The maximum Gasteiger partial charge on any atom is 0.474 e. The van der Waals surface area contributed by atoms with Gasteiger partial charge in [0.05, 0.1) is 41.0 Å². The Balaban J connectivity index is 4.38. The molecule has 0 heterocycles. The van der Waals surface area contributed by atoms with E-state index in [1.54, 1.807) is 6.92 Å². The minimum absolute atomic E-state index is 0.0889. The molecule has 0 aliphatic carbocycles. The number of carbonyl (C=O) groups is 2. The number of unbranched alkanes of at least 4 members (excludes halogenated alkanes) is 13. The first-order valence-corrected chi connectivity index (χ1v) is 20.6. The van der Waals surface area contributed by atoms with E-state index in [1.807, 2.05) is 21.1 Å². The predicted molar refractivity (Wildman–Crippen MR) is 192 cm³/mol. The largest absolute Gasteiger partial charge is 0.474 e. The third kappa shape index (κ3) is 32.0. The number of hydrogen-bond donors (Lipinski definition) is 0. The summed E-state index contributed by atoms with van der Waals surface area (Å²) in [4.78, 5) is 25.1. The smallest absolute Gasteiger partial charge is 0.466 e. The quantitative estimate of drug-likeness (QED) is 0.0284. The molecule has 2 atom stereocenters. The number of rotatable bonds is 34. The summed E-state index contributed by atoms with van der Waals surface area (Å²) in [5, 5.41) is 0. The van der Waals surface area contributed by atoms with Crippen LogP contribution in [-0.4, -0.2) is 76.6 Å².